The minimum atomic E-state index is -0.877. The molecule has 6 heteroatoms. The average molecular weight is 255 g/mol. The van der Waals surface area contributed by atoms with Gasteiger partial charge in [-0.1, -0.05) is 0 Å². The molecular formula is C12H21N3O3. The second kappa shape index (κ2) is 4.59. The Morgan fingerprint density at radius 1 is 1.33 bits per heavy atom. The monoisotopic (exact) mass is 255 g/mol. The summed E-state index contributed by atoms with van der Waals surface area (Å²) in [5.41, 5.74) is -1.19. The fourth-order valence-corrected chi connectivity index (χ4v) is 1.72. The maximum absolute atomic E-state index is 11.8. The molecule has 1 aliphatic rings. The molecule has 6 nitrogen and oxygen atoms in total. The van der Waals surface area contributed by atoms with Gasteiger partial charge < -0.3 is 10.6 Å². The second-order valence-corrected chi connectivity index (χ2v) is 6.06. The highest BCUT2D eigenvalue weighted by Crippen LogP contribution is 2.16. The Labute approximate surface area is 107 Å². The van der Waals surface area contributed by atoms with Crippen molar-refractivity contribution >= 4 is 17.8 Å². The second-order valence-electron chi connectivity index (χ2n) is 6.06. The van der Waals surface area contributed by atoms with Gasteiger partial charge in [0.05, 0.1) is 0 Å². The van der Waals surface area contributed by atoms with Crippen molar-refractivity contribution in [1.82, 2.24) is 15.5 Å². The van der Waals surface area contributed by atoms with Gasteiger partial charge in [0.1, 0.15) is 5.54 Å². The molecule has 0 spiro atoms. The third-order valence-corrected chi connectivity index (χ3v) is 2.52. The highest BCUT2D eigenvalue weighted by molar-refractivity contribution is 6.06. The van der Waals surface area contributed by atoms with Crippen LogP contribution >= 0.6 is 0 Å². The molecule has 2 N–H and O–H groups in total. The number of nitrogens with zero attached hydrogens (tertiary/aromatic N) is 1. The lowest BCUT2D eigenvalue weighted by Gasteiger charge is -2.21. The zero-order chi connectivity index (χ0) is 14.1. The van der Waals surface area contributed by atoms with Gasteiger partial charge in [-0.05, 0) is 34.6 Å². The lowest BCUT2D eigenvalue weighted by molar-refractivity contribution is -0.130. The Morgan fingerprint density at radius 2 is 1.89 bits per heavy atom. The molecule has 0 bridgehead atoms. The summed E-state index contributed by atoms with van der Waals surface area (Å²) in [6.45, 7) is 9.02. The number of hydrogen-bond acceptors (Lipinski definition) is 3. The van der Waals surface area contributed by atoms with Crippen LogP contribution in [0.1, 0.15) is 41.0 Å². The van der Waals surface area contributed by atoms with Gasteiger partial charge in [-0.25, -0.2) is 4.79 Å². The first kappa shape index (κ1) is 14.5. The molecule has 4 amide bonds. The van der Waals surface area contributed by atoms with Crippen LogP contribution in [0.2, 0.25) is 0 Å². The smallest absolute Gasteiger partial charge is 0.325 e. The van der Waals surface area contributed by atoms with Crippen LogP contribution in [-0.2, 0) is 9.59 Å². The maximum Gasteiger partial charge on any atom is 0.325 e. The van der Waals surface area contributed by atoms with Crippen molar-refractivity contribution < 1.29 is 14.4 Å². The summed E-state index contributed by atoms with van der Waals surface area (Å²) in [4.78, 5) is 36.1. The molecule has 0 aromatic rings. The number of nitrogens with one attached hydrogen (secondary N) is 2. The van der Waals surface area contributed by atoms with Crippen molar-refractivity contribution in [3.05, 3.63) is 0 Å². The van der Waals surface area contributed by atoms with Crippen LogP contribution in [0, 0.1) is 0 Å². The van der Waals surface area contributed by atoms with E-state index >= 15 is 0 Å². The summed E-state index contributed by atoms with van der Waals surface area (Å²) in [6, 6.07) is -0.437. The number of rotatable bonds is 3. The van der Waals surface area contributed by atoms with E-state index in [1.54, 1.807) is 13.8 Å². The fraction of sp³-hybridized carbons (Fsp3) is 0.750. The van der Waals surface area contributed by atoms with Crippen LogP contribution in [0.3, 0.4) is 0 Å². The van der Waals surface area contributed by atoms with Gasteiger partial charge in [0.15, 0.2) is 0 Å². The van der Waals surface area contributed by atoms with Crippen molar-refractivity contribution in [2.24, 2.45) is 0 Å². The van der Waals surface area contributed by atoms with E-state index in [9.17, 15) is 14.4 Å². The molecular weight excluding hydrogens is 234 g/mol. The third kappa shape index (κ3) is 3.45. The molecule has 18 heavy (non-hydrogen) atoms. The van der Waals surface area contributed by atoms with Crippen LogP contribution in [0.4, 0.5) is 4.79 Å². The quantitative estimate of drug-likeness (QED) is 0.726. The molecule has 0 atom stereocenters. The summed E-state index contributed by atoms with van der Waals surface area (Å²) >= 11 is 0. The Morgan fingerprint density at radius 3 is 2.28 bits per heavy atom. The van der Waals surface area contributed by atoms with E-state index in [1.165, 1.54) is 0 Å². The van der Waals surface area contributed by atoms with Gasteiger partial charge >= 0.3 is 6.03 Å². The SMILES string of the molecule is CC(C)(C)NC(=O)CCN1C(=O)NC(C)(C)C1=O. The number of carbonyl (C=O) groups excluding carboxylic acids is 3. The van der Waals surface area contributed by atoms with E-state index in [1.807, 2.05) is 20.8 Å². The summed E-state index contributed by atoms with van der Waals surface area (Å²) in [7, 11) is 0. The lowest BCUT2D eigenvalue weighted by Crippen LogP contribution is -2.43. The Bertz CT molecular complexity index is 383. The van der Waals surface area contributed by atoms with Gasteiger partial charge in [-0.15, -0.1) is 0 Å². The minimum Gasteiger partial charge on any atom is -0.351 e. The Hall–Kier alpha value is -1.59. The van der Waals surface area contributed by atoms with Crippen molar-refractivity contribution in [2.45, 2.75) is 52.1 Å². The standard InChI is InChI=1S/C12H21N3O3/c1-11(2,3)13-8(16)6-7-15-9(17)12(4,5)14-10(15)18/h6-7H2,1-5H3,(H,13,16)(H,14,18). The molecule has 0 radical (unpaired) electrons. The van der Waals surface area contributed by atoms with Crippen molar-refractivity contribution in [2.75, 3.05) is 6.54 Å². The number of hydrogen-bond donors (Lipinski definition) is 2. The fourth-order valence-electron chi connectivity index (χ4n) is 1.72. The molecule has 1 rings (SSSR count). The van der Waals surface area contributed by atoms with Gasteiger partial charge in [0.2, 0.25) is 5.91 Å². The number of carbonyl (C=O) groups is 3. The van der Waals surface area contributed by atoms with E-state index in [4.69, 9.17) is 0 Å². The first-order valence-electron chi connectivity index (χ1n) is 5.98. The van der Waals surface area contributed by atoms with Gasteiger partial charge in [0, 0.05) is 18.5 Å². The normalized spacial score (nSPS) is 18.8. The molecule has 1 saturated heterocycles. The lowest BCUT2D eigenvalue weighted by atomic mass is 10.1. The van der Waals surface area contributed by atoms with Crippen LogP contribution in [0.5, 0.6) is 0 Å². The van der Waals surface area contributed by atoms with E-state index in [0.717, 1.165) is 4.90 Å². The highest BCUT2D eigenvalue weighted by Gasteiger charge is 2.44. The molecule has 0 aliphatic carbocycles. The third-order valence-electron chi connectivity index (χ3n) is 2.52. The van der Waals surface area contributed by atoms with Crippen LogP contribution < -0.4 is 10.6 Å². The summed E-state index contributed by atoms with van der Waals surface area (Å²) < 4.78 is 0. The molecule has 0 unspecified atom stereocenters. The largest absolute Gasteiger partial charge is 0.351 e. The summed E-state index contributed by atoms with van der Waals surface area (Å²) in [6.07, 6.45) is 0.118. The van der Waals surface area contributed by atoms with Crippen LogP contribution in [-0.4, -0.2) is 40.4 Å². The molecule has 1 aliphatic heterocycles. The number of urea groups is 1. The first-order valence-corrected chi connectivity index (χ1v) is 5.98. The highest BCUT2D eigenvalue weighted by atomic mass is 16.2. The van der Waals surface area contributed by atoms with E-state index in [2.05, 4.69) is 10.6 Å². The molecule has 1 fully saturated rings. The summed E-state index contributed by atoms with van der Waals surface area (Å²) in [5, 5.41) is 5.36. The maximum atomic E-state index is 11.8. The van der Waals surface area contributed by atoms with E-state index < -0.39 is 11.6 Å². The number of imide groups is 1. The molecule has 0 saturated carbocycles. The van der Waals surface area contributed by atoms with Gasteiger partial charge in [-0.2, -0.15) is 0 Å². The van der Waals surface area contributed by atoms with Crippen molar-refractivity contribution in [1.29, 1.82) is 0 Å². The average Bonchev–Trinajstić information content (AvgIpc) is 2.31. The van der Waals surface area contributed by atoms with Crippen LogP contribution in [0.25, 0.3) is 0 Å². The molecule has 0 aromatic carbocycles. The van der Waals surface area contributed by atoms with Crippen molar-refractivity contribution in [3.63, 3.8) is 0 Å². The zero-order valence-corrected chi connectivity index (χ0v) is 11.6. The Balaban J connectivity index is 2.52. The zero-order valence-electron chi connectivity index (χ0n) is 11.6. The molecule has 102 valence electrons. The first-order chi connectivity index (χ1) is 8.03. The Kier molecular flexibility index (Phi) is 3.69. The topological polar surface area (TPSA) is 78.5 Å². The minimum absolute atomic E-state index is 0.107. The predicted molar refractivity (Wildman–Crippen MR) is 66.8 cm³/mol. The molecule has 0 aromatic heterocycles. The molecule has 1 heterocycles. The van der Waals surface area contributed by atoms with Crippen molar-refractivity contribution in [3.8, 4) is 0 Å². The van der Waals surface area contributed by atoms with Crippen LogP contribution in [0.15, 0.2) is 0 Å². The van der Waals surface area contributed by atoms with E-state index in [0.29, 0.717) is 0 Å². The summed E-state index contributed by atoms with van der Waals surface area (Å²) in [5.74, 6) is -0.469. The van der Waals surface area contributed by atoms with Gasteiger partial charge in [0.25, 0.3) is 5.91 Å². The number of amides is 4. The van der Waals surface area contributed by atoms with E-state index in [-0.39, 0.29) is 30.3 Å². The van der Waals surface area contributed by atoms with Gasteiger partial charge in [-0.3, -0.25) is 14.5 Å². The predicted octanol–water partition coefficient (Wildman–Crippen LogP) is 0.622.